The van der Waals surface area contributed by atoms with Gasteiger partial charge in [-0.1, -0.05) is 0 Å². The molecule has 0 bridgehead atoms. The first-order chi connectivity index (χ1) is 16.4. The first-order valence-electron chi connectivity index (χ1n) is 9.34. The van der Waals surface area contributed by atoms with Gasteiger partial charge in [-0.15, -0.1) is 19.6 Å². The number of nitrogens with zero attached hydrogens (tertiary/aromatic N) is 4. The molecule has 0 aliphatic heterocycles. The number of aliphatic hydroxyl groups is 4. The Morgan fingerprint density at radius 3 is 0.472 bits per heavy atom. The first kappa shape index (κ1) is 38.5. The third-order valence-corrected chi connectivity index (χ3v) is 3.07. The molecule has 0 atom stereocenters. The van der Waals surface area contributed by atoms with E-state index in [0.29, 0.717) is 0 Å². The number of aliphatic hydroxyl groups excluding tert-OH is 4. The number of allylic oxidation sites excluding steroid dienone is 8. The van der Waals surface area contributed by atoms with Gasteiger partial charge in [-0.3, -0.25) is 19.2 Å². The molecule has 0 unspecified atom stereocenters. The van der Waals surface area contributed by atoms with Crippen LogP contribution in [0.5, 0.6) is 0 Å². The molecule has 4 N–H and O–H groups in total. The highest BCUT2D eigenvalue weighted by Crippen LogP contribution is 2.04. The minimum absolute atomic E-state index is 0.336. The van der Waals surface area contributed by atoms with Gasteiger partial charge in [0, 0.05) is 27.7 Å². The van der Waals surface area contributed by atoms with E-state index >= 15 is 0 Å². The molecule has 0 radical (unpaired) electrons. The van der Waals surface area contributed by atoms with E-state index in [1.165, 1.54) is 27.7 Å². The van der Waals surface area contributed by atoms with Crippen LogP contribution in [0.2, 0.25) is 0 Å². The van der Waals surface area contributed by atoms with Crippen molar-refractivity contribution >= 4 is 23.1 Å². The molecule has 0 saturated carbocycles. The predicted octanol–water partition coefficient (Wildman–Crippen LogP) is 4.53. The number of nitroso groups, excluding NO2 is 4. The molecule has 0 aliphatic carbocycles. The molecule has 0 saturated heterocycles. The first-order valence-corrected chi connectivity index (χ1v) is 9.34. The van der Waals surface area contributed by atoms with E-state index in [-0.39, 0.29) is 23.0 Å². The van der Waals surface area contributed by atoms with Gasteiger partial charge in [-0.05, 0) is 48.4 Å². The summed E-state index contributed by atoms with van der Waals surface area (Å²) in [5.41, 5.74) is -1.63. The highest BCUT2D eigenvalue weighted by molar-refractivity contribution is 5.94. The average molecular weight is 516 g/mol. The van der Waals surface area contributed by atoms with Gasteiger partial charge in [-0.2, -0.15) is 0 Å². The van der Waals surface area contributed by atoms with Crippen molar-refractivity contribution in [3.05, 3.63) is 65.5 Å². The molecule has 16 nitrogen and oxygen atoms in total. The molecule has 36 heavy (non-hydrogen) atoms. The summed E-state index contributed by atoms with van der Waals surface area (Å²) in [4.78, 5) is 80.0. The quantitative estimate of drug-likeness (QED) is 0.197. The van der Waals surface area contributed by atoms with Crippen LogP contribution in [0, 0.1) is 19.6 Å². The van der Waals surface area contributed by atoms with Gasteiger partial charge >= 0.3 is 0 Å². The Hall–Kier alpha value is -4.76. The van der Waals surface area contributed by atoms with Crippen molar-refractivity contribution < 1.29 is 39.6 Å². The monoisotopic (exact) mass is 516 g/mol. The van der Waals surface area contributed by atoms with Crippen molar-refractivity contribution in [2.75, 3.05) is 0 Å². The molecule has 0 heterocycles. The Kier molecular flexibility index (Phi) is 22.3. The Bertz CT molecular complexity index is 828. The van der Waals surface area contributed by atoms with Crippen LogP contribution < -0.4 is 0 Å². The SMILES string of the molecule is CC(=O)C(N=O)=C(C)O.CC(=O)C(N=O)=C(C)O.CC(=O)C(N=O)=C(C)O.CC(=O)C(N=O)=C(C)O. The lowest BCUT2D eigenvalue weighted by molar-refractivity contribution is -0.114. The van der Waals surface area contributed by atoms with Crippen LogP contribution in [-0.2, 0) is 19.2 Å². The molecule has 0 aromatic heterocycles. The van der Waals surface area contributed by atoms with E-state index < -0.39 is 45.9 Å². The fraction of sp³-hybridized carbons (Fsp3) is 0.400. The predicted molar refractivity (Wildman–Crippen MR) is 127 cm³/mol. The zero-order valence-electron chi connectivity index (χ0n) is 20.8. The van der Waals surface area contributed by atoms with Gasteiger partial charge in [0.15, 0.2) is 45.9 Å². The maximum absolute atomic E-state index is 10.3. The average Bonchev–Trinajstić information content (AvgIpc) is 2.69. The minimum atomic E-state index is -0.523. The topological polar surface area (TPSA) is 267 Å². The van der Waals surface area contributed by atoms with Crippen molar-refractivity contribution in [2.24, 2.45) is 20.7 Å². The summed E-state index contributed by atoms with van der Waals surface area (Å²) >= 11 is 0. The zero-order chi connectivity index (χ0) is 29.8. The maximum atomic E-state index is 10.3. The van der Waals surface area contributed by atoms with Gasteiger partial charge in [0.1, 0.15) is 23.0 Å². The van der Waals surface area contributed by atoms with Gasteiger partial charge in [0.25, 0.3) is 0 Å². The molecule has 0 aromatic rings. The Morgan fingerprint density at radius 2 is 0.472 bits per heavy atom. The normalized spacial score (nSPS) is 12.2. The number of hydrogen-bond acceptors (Lipinski definition) is 16. The molecule has 0 aromatic carbocycles. The Balaban J connectivity index is -0.000000190. The summed E-state index contributed by atoms with van der Waals surface area (Å²) in [7, 11) is 0. The van der Waals surface area contributed by atoms with Crippen LogP contribution in [0.15, 0.2) is 66.5 Å². The summed E-state index contributed by atoms with van der Waals surface area (Å²) in [6, 6.07) is 0. The fourth-order valence-electron chi connectivity index (χ4n) is 1.54. The second-order valence-corrected chi connectivity index (χ2v) is 6.33. The Morgan fingerprint density at radius 1 is 0.361 bits per heavy atom. The lowest BCUT2D eigenvalue weighted by atomic mass is 10.3. The summed E-state index contributed by atoms with van der Waals surface area (Å²) in [6.07, 6.45) is 0. The van der Waals surface area contributed by atoms with Crippen LogP contribution in [0.3, 0.4) is 0 Å². The molecule has 0 rings (SSSR count). The number of Topliss-reactive ketones (excluding diaryl/α,β-unsaturated/α-hetero) is 4. The van der Waals surface area contributed by atoms with E-state index in [2.05, 4.69) is 20.7 Å². The minimum Gasteiger partial charge on any atom is -0.510 e. The standard InChI is InChI=1S/4C5H7NO3/c4*1-3(7)5(6-9)4(2)8/h4*7H,1-2H3. The van der Waals surface area contributed by atoms with Crippen LogP contribution in [0.4, 0.5) is 0 Å². The molecule has 0 fully saturated rings. The van der Waals surface area contributed by atoms with Gasteiger partial charge in [-0.25, -0.2) is 0 Å². The van der Waals surface area contributed by atoms with E-state index in [0.717, 1.165) is 27.7 Å². The number of hydrogen-bond donors (Lipinski definition) is 4. The van der Waals surface area contributed by atoms with E-state index in [1.54, 1.807) is 0 Å². The second-order valence-electron chi connectivity index (χ2n) is 6.33. The van der Waals surface area contributed by atoms with E-state index in [4.69, 9.17) is 20.4 Å². The van der Waals surface area contributed by atoms with Crippen molar-refractivity contribution in [1.29, 1.82) is 0 Å². The van der Waals surface area contributed by atoms with Crippen molar-refractivity contribution in [3.63, 3.8) is 0 Å². The number of rotatable bonds is 8. The second kappa shape index (κ2) is 20.8. The van der Waals surface area contributed by atoms with Crippen LogP contribution >= 0.6 is 0 Å². The third kappa shape index (κ3) is 18.8. The maximum Gasteiger partial charge on any atom is 0.187 e. The number of carbonyl (C=O) groups excluding carboxylic acids is 4. The number of ketones is 4. The fourth-order valence-corrected chi connectivity index (χ4v) is 1.54. The summed E-state index contributed by atoms with van der Waals surface area (Å²) in [5, 5.41) is 43.5. The molecular weight excluding hydrogens is 488 g/mol. The van der Waals surface area contributed by atoms with E-state index in [9.17, 15) is 38.8 Å². The largest absolute Gasteiger partial charge is 0.510 e. The lowest BCUT2D eigenvalue weighted by Crippen LogP contribution is -1.95. The van der Waals surface area contributed by atoms with Crippen LogP contribution in [0.1, 0.15) is 55.4 Å². The zero-order valence-corrected chi connectivity index (χ0v) is 20.8. The van der Waals surface area contributed by atoms with Crippen LogP contribution in [0.25, 0.3) is 0 Å². The smallest absolute Gasteiger partial charge is 0.187 e. The van der Waals surface area contributed by atoms with Crippen molar-refractivity contribution in [3.8, 4) is 0 Å². The summed E-state index contributed by atoms with van der Waals surface area (Å²) in [5.74, 6) is -3.44. The van der Waals surface area contributed by atoms with Crippen LogP contribution in [-0.4, -0.2) is 43.6 Å². The molecule has 200 valence electrons. The molecular formula is C20H28N4O12. The van der Waals surface area contributed by atoms with Gasteiger partial charge in [0.05, 0.1) is 0 Å². The molecule has 16 heteroatoms. The molecule has 0 spiro atoms. The molecule has 0 amide bonds. The number of carbonyl (C=O) groups is 4. The Labute approximate surface area is 205 Å². The third-order valence-electron chi connectivity index (χ3n) is 3.07. The van der Waals surface area contributed by atoms with Crippen molar-refractivity contribution in [2.45, 2.75) is 55.4 Å². The lowest BCUT2D eigenvalue weighted by Gasteiger charge is -1.90. The highest BCUT2D eigenvalue weighted by Gasteiger charge is 2.08. The van der Waals surface area contributed by atoms with Gasteiger partial charge < -0.3 is 20.4 Å². The highest BCUT2D eigenvalue weighted by atomic mass is 16.3. The van der Waals surface area contributed by atoms with Gasteiger partial charge in [0.2, 0.25) is 0 Å². The van der Waals surface area contributed by atoms with E-state index in [1.807, 2.05) is 0 Å². The summed E-state index contributed by atoms with van der Waals surface area (Å²) in [6.45, 7) is 9.59. The van der Waals surface area contributed by atoms with Crippen molar-refractivity contribution in [1.82, 2.24) is 0 Å². The summed E-state index contributed by atoms with van der Waals surface area (Å²) < 4.78 is 0. The molecule has 0 aliphatic rings.